The third-order valence-electron chi connectivity index (χ3n) is 9.28. The van der Waals surface area contributed by atoms with Crippen LogP contribution in [0, 0.1) is 12.3 Å². The molecule has 2 atom stereocenters. The number of hydrogen-bond acceptors (Lipinski definition) is 5. The van der Waals surface area contributed by atoms with E-state index in [1.807, 2.05) is 60.7 Å². The molecule has 0 saturated carbocycles. The minimum absolute atomic E-state index is 0.655. The highest BCUT2D eigenvalue weighted by Crippen LogP contribution is 2.57. The fourth-order valence-electron chi connectivity index (χ4n) is 7.11. The molecule has 2 unspecified atom stereocenters. The summed E-state index contributed by atoms with van der Waals surface area (Å²) in [6, 6.07) is 32.7. The lowest BCUT2D eigenvalue weighted by molar-refractivity contribution is 0.122. The molecule has 3 aliphatic rings. The predicted molar refractivity (Wildman–Crippen MR) is 174 cm³/mol. The molecule has 1 aliphatic carbocycles. The Balaban J connectivity index is 1.38. The smallest absolute Gasteiger partial charge is 0.178 e. The molecular weight excluding hydrogens is 546 g/mol. The maximum atomic E-state index is 12.2. The van der Waals surface area contributed by atoms with E-state index in [9.17, 15) is 5.11 Å². The van der Waals surface area contributed by atoms with E-state index in [-0.39, 0.29) is 0 Å². The van der Waals surface area contributed by atoms with E-state index >= 15 is 0 Å². The molecule has 0 aromatic heterocycles. The van der Waals surface area contributed by atoms with Crippen LogP contribution in [-0.2, 0) is 15.9 Å². The van der Waals surface area contributed by atoms with Gasteiger partial charge in [-0.15, -0.1) is 6.42 Å². The number of rotatable bonds is 4. The van der Waals surface area contributed by atoms with Crippen LogP contribution in [0.4, 0.5) is 5.69 Å². The second kappa shape index (κ2) is 10.0. The second-order valence-corrected chi connectivity index (χ2v) is 11.5. The molecule has 5 aromatic carbocycles. The van der Waals surface area contributed by atoms with Gasteiger partial charge in [0.15, 0.2) is 11.2 Å². The molecule has 1 fully saturated rings. The number of aliphatic hydroxyl groups is 1. The van der Waals surface area contributed by atoms with Gasteiger partial charge in [-0.1, -0.05) is 78.7 Å². The quantitative estimate of drug-likeness (QED) is 0.236. The van der Waals surface area contributed by atoms with Crippen LogP contribution in [0.25, 0.3) is 28.0 Å². The van der Waals surface area contributed by atoms with Crippen molar-refractivity contribution in [2.75, 3.05) is 38.3 Å². The minimum Gasteiger partial charge on any atom is -0.497 e. The van der Waals surface area contributed by atoms with E-state index in [1.54, 1.807) is 7.11 Å². The SMILES string of the molecule is C#CC1(O)c2ccccc2-c2c1c1c(c3cc(OC)ccc23)OC(c2ccccc2)(c2ccc(N3CCOCC3)cc2)C=C1. The first-order chi connectivity index (χ1) is 21.6. The lowest BCUT2D eigenvalue weighted by Crippen LogP contribution is -2.37. The summed E-state index contributed by atoms with van der Waals surface area (Å²) < 4.78 is 18.5. The van der Waals surface area contributed by atoms with Crippen molar-refractivity contribution < 1.29 is 19.3 Å². The maximum absolute atomic E-state index is 12.2. The van der Waals surface area contributed by atoms with Gasteiger partial charge in [0.05, 0.1) is 20.3 Å². The number of morpholine rings is 1. The first-order valence-electron chi connectivity index (χ1n) is 14.9. The number of hydrogen-bond donors (Lipinski definition) is 1. The van der Waals surface area contributed by atoms with Crippen molar-refractivity contribution in [3.63, 3.8) is 0 Å². The fourth-order valence-corrected chi connectivity index (χ4v) is 7.11. The standard InChI is InChI=1S/C39H31NO4/c1-3-38(41)34-12-8-7-11-31(34)35-30-18-17-29(42-2)25-33(30)37-32(36(35)38)19-20-39(44-37,26-9-5-4-6-10-26)27-13-15-28(16-14-27)40-21-23-43-24-22-40/h1,4-20,25,41H,21-24H2,2H3. The molecule has 2 aliphatic heterocycles. The molecule has 0 bridgehead atoms. The second-order valence-electron chi connectivity index (χ2n) is 11.5. The van der Waals surface area contributed by atoms with E-state index in [0.717, 1.165) is 76.3 Å². The van der Waals surface area contributed by atoms with E-state index in [2.05, 4.69) is 59.4 Å². The molecule has 0 amide bonds. The number of fused-ring (bicyclic) bond motifs is 8. The summed E-state index contributed by atoms with van der Waals surface area (Å²) in [5, 5.41) is 14.0. The number of terminal acetylenes is 1. The zero-order valence-electron chi connectivity index (χ0n) is 24.4. The Morgan fingerprint density at radius 1 is 0.864 bits per heavy atom. The number of ether oxygens (including phenoxy) is 3. The molecule has 44 heavy (non-hydrogen) atoms. The number of nitrogens with zero attached hydrogens (tertiary/aromatic N) is 1. The van der Waals surface area contributed by atoms with Crippen molar-refractivity contribution in [3.8, 4) is 35.0 Å². The fraction of sp³-hybridized carbons (Fsp3) is 0.179. The van der Waals surface area contributed by atoms with Gasteiger partial charge in [-0.3, -0.25) is 0 Å². The van der Waals surface area contributed by atoms with Gasteiger partial charge in [-0.05, 0) is 52.9 Å². The summed E-state index contributed by atoms with van der Waals surface area (Å²) in [5.74, 6) is 4.11. The zero-order chi connectivity index (χ0) is 29.9. The van der Waals surface area contributed by atoms with Gasteiger partial charge < -0.3 is 24.2 Å². The highest BCUT2D eigenvalue weighted by molar-refractivity contribution is 6.09. The van der Waals surface area contributed by atoms with E-state index in [0.29, 0.717) is 16.9 Å². The topological polar surface area (TPSA) is 51.2 Å². The molecule has 5 heteroatoms. The third-order valence-corrected chi connectivity index (χ3v) is 9.28. The van der Waals surface area contributed by atoms with Crippen LogP contribution < -0.4 is 14.4 Å². The Bertz CT molecular complexity index is 1990. The van der Waals surface area contributed by atoms with Crippen molar-refractivity contribution in [1.29, 1.82) is 0 Å². The molecule has 0 radical (unpaired) electrons. The molecule has 8 rings (SSSR count). The minimum atomic E-state index is -1.61. The number of benzene rings is 5. The first kappa shape index (κ1) is 26.6. The lowest BCUT2D eigenvalue weighted by atomic mass is 9.80. The Labute approximate surface area is 256 Å². The lowest BCUT2D eigenvalue weighted by Gasteiger charge is -2.38. The summed E-state index contributed by atoms with van der Waals surface area (Å²) in [6.45, 7) is 3.19. The van der Waals surface area contributed by atoms with Crippen molar-refractivity contribution in [1.82, 2.24) is 0 Å². The summed E-state index contributed by atoms with van der Waals surface area (Å²) in [4.78, 5) is 2.34. The Morgan fingerprint density at radius 3 is 2.34 bits per heavy atom. The number of methoxy groups -OCH3 is 1. The Morgan fingerprint density at radius 2 is 1.59 bits per heavy atom. The first-order valence-corrected chi connectivity index (χ1v) is 14.9. The highest BCUT2D eigenvalue weighted by Gasteiger charge is 2.47. The Kier molecular flexibility index (Phi) is 6.06. The van der Waals surface area contributed by atoms with Crippen molar-refractivity contribution in [2.24, 2.45) is 0 Å². The van der Waals surface area contributed by atoms with Crippen LogP contribution in [0.2, 0.25) is 0 Å². The van der Waals surface area contributed by atoms with Crippen molar-refractivity contribution in [3.05, 3.63) is 131 Å². The van der Waals surface area contributed by atoms with Gasteiger partial charge in [0, 0.05) is 52.0 Å². The van der Waals surface area contributed by atoms with E-state index in [4.69, 9.17) is 20.6 Å². The van der Waals surface area contributed by atoms with Crippen LogP contribution in [0.5, 0.6) is 11.5 Å². The molecule has 5 nitrogen and oxygen atoms in total. The maximum Gasteiger partial charge on any atom is 0.178 e. The predicted octanol–water partition coefficient (Wildman–Crippen LogP) is 6.88. The average molecular weight is 578 g/mol. The van der Waals surface area contributed by atoms with Crippen LogP contribution >= 0.6 is 0 Å². The summed E-state index contributed by atoms with van der Waals surface area (Å²) in [6.07, 6.45) is 10.3. The number of anilines is 1. The van der Waals surface area contributed by atoms with Gasteiger partial charge in [0.1, 0.15) is 11.5 Å². The van der Waals surface area contributed by atoms with Crippen LogP contribution in [0.3, 0.4) is 0 Å². The molecule has 216 valence electrons. The summed E-state index contributed by atoms with van der Waals surface area (Å²) >= 11 is 0. The van der Waals surface area contributed by atoms with Gasteiger partial charge in [0.2, 0.25) is 0 Å². The van der Waals surface area contributed by atoms with Crippen LogP contribution in [-0.4, -0.2) is 38.5 Å². The van der Waals surface area contributed by atoms with Crippen molar-refractivity contribution in [2.45, 2.75) is 11.2 Å². The average Bonchev–Trinajstić information content (AvgIpc) is 3.37. The highest BCUT2D eigenvalue weighted by atomic mass is 16.5. The zero-order valence-corrected chi connectivity index (χ0v) is 24.4. The largest absolute Gasteiger partial charge is 0.497 e. The molecule has 1 N–H and O–H groups in total. The van der Waals surface area contributed by atoms with Crippen LogP contribution in [0.1, 0.15) is 27.8 Å². The van der Waals surface area contributed by atoms with E-state index < -0.39 is 11.2 Å². The molecular formula is C39H31NO4. The van der Waals surface area contributed by atoms with E-state index in [1.165, 1.54) is 0 Å². The van der Waals surface area contributed by atoms with Gasteiger partial charge >= 0.3 is 0 Å². The van der Waals surface area contributed by atoms with Gasteiger partial charge in [-0.2, -0.15) is 0 Å². The monoisotopic (exact) mass is 577 g/mol. The summed E-state index contributed by atoms with van der Waals surface area (Å²) in [7, 11) is 1.67. The molecule has 1 saturated heterocycles. The third kappa shape index (κ3) is 3.75. The Hall–Kier alpha value is -5.02. The van der Waals surface area contributed by atoms with Gasteiger partial charge in [-0.25, -0.2) is 0 Å². The molecule has 0 spiro atoms. The van der Waals surface area contributed by atoms with Crippen molar-refractivity contribution >= 4 is 22.5 Å². The molecule has 2 heterocycles. The molecule has 5 aromatic rings. The summed E-state index contributed by atoms with van der Waals surface area (Å²) in [5.41, 5.74) is 4.61. The van der Waals surface area contributed by atoms with Gasteiger partial charge in [0.25, 0.3) is 0 Å². The normalized spacial score (nSPS) is 21.6. The van der Waals surface area contributed by atoms with Crippen LogP contribution in [0.15, 0.2) is 103 Å².